The summed E-state index contributed by atoms with van der Waals surface area (Å²) in [6.07, 6.45) is 3.46. The number of aliphatic hydroxyl groups is 1. The molecule has 0 spiro atoms. The normalized spacial score (nSPS) is 17.3. The molecular formula is C23H34FIN4O3. The van der Waals surface area contributed by atoms with Gasteiger partial charge in [-0.2, -0.15) is 0 Å². The lowest BCUT2D eigenvalue weighted by Crippen LogP contribution is -2.48. The number of benzene rings is 1. The molecule has 1 fully saturated rings. The molecule has 1 aliphatic rings. The van der Waals surface area contributed by atoms with Crippen LogP contribution >= 0.6 is 24.0 Å². The van der Waals surface area contributed by atoms with Gasteiger partial charge in [0.2, 0.25) is 0 Å². The number of rotatable bonds is 8. The Morgan fingerprint density at radius 2 is 2.09 bits per heavy atom. The highest BCUT2D eigenvalue weighted by Crippen LogP contribution is 2.22. The van der Waals surface area contributed by atoms with E-state index in [1.54, 1.807) is 37.5 Å². The summed E-state index contributed by atoms with van der Waals surface area (Å²) in [7, 11) is 1.47. The van der Waals surface area contributed by atoms with Crippen molar-refractivity contribution in [1.29, 1.82) is 0 Å². The summed E-state index contributed by atoms with van der Waals surface area (Å²) in [5.74, 6) is 1.13. The minimum Gasteiger partial charge on any atom is -0.494 e. The number of hydrogen-bond acceptors (Lipinski definition) is 5. The van der Waals surface area contributed by atoms with E-state index in [9.17, 15) is 9.50 Å². The van der Waals surface area contributed by atoms with Gasteiger partial charge in [0, 0.05) is 32.2 Å². The van der Waals surface area contributed by atoms with E-state index in [4.69, 9.17) is 9.15 Å². The summed E-state index contributed by atoms with van der Waals surface area (Å²) in [6.45, 7) is 7.17. The lowest BCUT2D eigenvalue weighted by atomic mass is 10.0. The molecule has 1 aliphatic heterocycles. The molecule has 9 heteroatoms. The number of furan rings is 1. The number of ether oxygens (including phenoxy) is 1. The molecule has 0 amide bonds. The maximum absolute atomic E-state index is 13.9. The van der Waals surface area contributed by atoms with Gasteiger partial charge in [0.25, 0.3) is 0 Å². The second-order valence-electron chi connectivity index (χ2n) is 8.11. The second-order valence-corrected chi connectivity index (χ2v) is 8.11. The predicted molar refractivity (Wildman–Crippen MR) is 134 cm³/mol. The fourth-order valence-electron chi connectivity index (χ4n) is 3.71. The molecular weight excluding hydrogens is 526 g/mol. The van der Waals surface area contributed by atoms with E-state index in [1.165, 1.54) is 7.11 Å². The lowest BCUT2D eigenvalue weighted by Gasteiger charge is -2.33. The van der Waals surface area contributed by atoms with E-state index in [0.717, 1.165) is 38.0 Å². The second kappa shape index (κ2) is 12.4. The predicted octanol–water partition coefficient (Wildman–Crippen LogP) is 3.47. The zero-order valence-corrected chi connectivity index (χ0v) is 21.3. The van der Waals surface area contributed by atoms with Crippen molar-refractivity contribution in [3.63, 3.8) is 0 Å². The van der Waals surface area contributed by atoms with Crippen molar-refractivity contribution < 1.29 is 18.7 Å². The third kappa shape index (κ3) is 7.35. The molecule has 0 saturated carbocycles. The van der Waals surface area contributed by atoms with E-state index in [1.807, 2.05) is 13.0 Å². The van der Waals surface area contributed by atoms with Crippen LogP contribution < -0.4 is 15.4 Å². The van der Waals surface area contributed by atoms with Gasteiger partial charge in [-0.3, -0.25) is 4.90 Å². The first-order chi connectivity index (χ1) is 14.9. The minimum absolute atomic E-state index is 0. The van der Waals surface area contributed by atoms with Crippen LogP contribution in [-0.2, 0) is 12.1 Å². The van der Waals surface area contributed by atoms with Crippen LogP contribution in [0.15, 0.2) is 46.0 Å². The van der Waals surface area contributed by atoms with Gasteiger partial charge >= 0.3 is 0 Å². The van der Waals surface area contributed by atoms with Crippen LogP contribution in [0.5, 0.6) is 5.75 Å². The van der Waals surface area contributed by atoms with E-state index < -0.39 is 5.60 Å². The number of halogens is 2. The first-order valence-corrected chi connectivity index (χ1v) is 10.8. The summed E-state index contributed by atoms with van der Waals surface area (Å²) < 4.78 is 24.2. The maximum Gasteiger partial charge on any atom is 0.191 e. The molecule has 1 atom stereocenters. The van der Waals surface area contributed by atoms with Gasteiger partial charge < -0.3 is 24.9 Å². The van der Waals surface area contributed by atoms with Crippen LogP contribution in [0.25, 0.3) is 0 Å². The van der Waals surface area contributed by atoms with Crippen molar-refractivity contribution >= 4 is 29.9 Å². The number of hydrogen-bond donors (Lipinski definition) is 3. The van der Waals surface area contributed by atoms with Gasteiger partial charge in [0.1, 0.15) is 11.4 Å². The molecule has 178 valence electrons. The molecule has 7 nitrogen and oxygen atoms in total. The standard InChI is InChI=1S/C23H33FN4O3.HI/c1-4-25-22(26-16-23(2,29)21-6-5-13-31-21)27-18-9-11-28(12-10-18)15-17-7-8-20(30-3)19(24)14-17;/h5-8,13-14,18,29H,4,9-12,15-16H2,1-3H3,(H2,25,26,27);1H. The number of guanidine groups is 1. The van der Waals surface area contributed by atoms with Crippen molar-refractivity contribution in [3.8, 4) is 5.75 Å². The van der Waals surface area contributed by atoms with Gasteiger partial charge in [0.15, 0.2) is 17.5 Å². The highest BCUT2D eigenvalue weighted by Gasteiger charge is 2.26. The molecule has 1 unspecified atom stereocenters. The zero-order valence-electron chi connectivity index (χ0n) is 18.9. The summed E-state index contributed by atoms with van der Waals surface area (Å²) in [6, 6.07) is 8.92. The third-order valence-electron chi connectivity index (χ3n) is 5.49. The largest absolute Gasteiger partial charge is 0.494 e. The van der Waals surface area contributed by atoms with Crippen molar-refractivity contribution in [3.05, 3.63) is 53.7 Å². The van der Waals surface area contributed by atoms with Crippen LogP contribution in [0.3, 0.4) is 0 Å². The molecule has 1 aromatic heterocycles. The Bertz CT molecular complexity index is 853. The fraction of sp³-hybridized carbons (Fsp3) is 0.522. The van der Waals surface area contributed by atoms with E-state index in [0.29, 0.717) is 18.3 Å². The van der Waals surface area contributed by atoms with Crippen molar-refractivity contribution in [2.45, 2.75) is 44.9 Å². The lowest BCUT2D eigenvalue weighted by molar-refractivity contribution is 0.0436. The van der Waals surface area contributed by atoms with E-state index in [-0.39, 0.29) is 48.1 Å². The average molecular weight is 560 g/mol. The summed E-state index contributed by atoms with van der Waals surface area (Å²) >= 11 is 0. The minimum atomic E-state index is -1.16. The Balaban J connectivity index is 0.00000363. The molecule has 0 aliphatic carbocycles. The summed E-state index contributed by atoms with van der Waals surface area (Å²) in [5.41, 5.74) is -0.220. The average Bonchev–Trinajstić information content (AvgIpc) is 3.30. The summed E-state index contributed by atoms with van der Waals surface area (Å²) in [4.78, 5) is 6.89. The Morgan fingerprint density at radius 3 is 2.69 bits per heavy atom. The SMILES string of the molecule is CCNC(=NCC(C)(O)c1ccco1)NC1CCN(Cc2ccc(OC)c(F)c2)CC1.I. The highest BCUT2D eigenvalue weighted by atomic mass is 127. The van der Waals surface area contributed by atoms with E-state index >= 15 is 0 Å². The van der Waals surface area contributed by atoms with Crippen LogP contribution in [0, 0.1) is 5.82 Å². The van der Waals surface area contributed by atoms with Crippen molar-refractivity contribution in [1.82, 2.24) is 15.5 Å². The smallest absolute Gasteiger partial charge is 0.191 e. The van der Waals surface area contributed by atoms with Gasteiger partial charge in [-0.1, -0.05) is 6.07 Å². The number of aliphatic imine (C=N–C) groups is 1. The van der Waals surface area contributed by atoms with Crippen LogP contribution in [0.1, 0.15) is 38.0 Å². The molecule has 2 heterocycles. The van der Waals surface area contributed by atoms with Gasteiger partial charge in [-0.15, -0.1) is 24.0 Å². The third-order valence-corrected chi connectivity index (χ3v) is 5.49. The van der Waals surface area contributed by atoms with Gasteiger partial charge in [-0.25, -0.2) is 9.38 Å². The number of likely N-dealkylation sites (tertiary alicyclic amines) is 1. The Kier molecular flexibility index (Phi) is 10.2. The van der Waals surface area contributed by atoms with E-state index in [2.05, 4.69) is 20.5 Å². The first kappa shape index (κ1) is 26.4. The molecule has 1 saturated heterocycles. The zero-order chi connectivity index (χ0) is 22.3. The number of piperidine rings is 1. The number of methoxy groups -OCH3 is 1. The Labute approximate surface area is 206 Å². The Morgan fingerprint density at radius 1 is 1.34 bits per heavy atom. The maximum atomic E-state index is 13.9. The van der Waals surface area contributed by atoms with Crippen molar-refractivity contribution in [2.24, 2.45) is 4.99 Å². The fourth-order valence-corrected chi connectivity index (χ4v) is 3.71. The number of nitrogens with zero attached hydrogens (tertiary/aromatic N) is 2. The molecule has 0 bridgehead atoms. The molecule has 3 N–H and O–H groups in total. The van der Waals surface area contributed by atoms with Crippen LogP contribution in [0.2, 0.25) is 0 Å². The summed E-state index contributed by atoms with van der Waals surface area (Å²) in [5, 5.41) is 17.4. The monoisotopic (exact) mass is 560 g/mol. The number of nitrogens with one attached hydrogen (secondary N) is 2. The van der Waals surface area contributed by atoms with Crippen molar-refractivity contribution in [2.75, 3.05) is 33.3 Å². The van der Waals surface area contributed by atoms with Crippen LogP contribution in [0.4, 0.5) is 4.39 Å². The Hall–Kier alpha value is -1.85. The van der Waals surface area contributed by atoms with Crippen LogP contribution in [-0.4, -0.2) is 55.3 Å². The molecule has 1 aromatic carbocycles. The molecule has 2 aromatic rings. The van der Waals surface area contributed by atoms with Gasteiger partial charge in [-0.05, 0) is 56.5 Å². The topological polar surface area (TPSA) is 82.3 Å². The quantitative estimate of drug-likeness (QED) is 0.261. The first-order valence-electron chi connectivity index (χ1n) is 10.8. The van der Waals surface area contributed by atoms with Gasteiger partial charge in [0.05, 0.1) is 19.9 Å². The molecule has 32 heavy (non-hydrogen) atoms. The molecule has 0 radical (unpaired) electrons. The highest BCUT2D eigenvalue weighted by molar-refractivity contribution is 14.0. The molecule has 3 rings (SSSR count).